The normalized spacial score (nSPS) is 9.94. The van der Waals surface area contributed by atoms with E-state index in [0.717, 1.165) is 10.0 Å². The maximum atomic E-state index is 11.5. The highest BCUT2D eigenvalue weighted by atomic mass is 79.9. The predicted octanol–water partition coefficient (Wildman–Crippen LogP) is 1.97. The lowest BCUT2D eigenvalue weighted by Crippen LogP contribution is -2.26. The molecule has 0 spiro atoms. The molecule has 0 heterocycles. The second kappa shape index (κ2) is 7.06. The molecule has 1 amide bonds. The molecule has 0 aliphatic rings. The molecule has 0 fully saturated rings. The van der Waals surface area contributed by atoms with Gasteiger partial charge in [-0.15, -0.1) is 0 Å². The fourth-order valence-electron chi connectivity index (χ4n) is 1.32. The summed E-state index contributed by atoms with van der Waals surface area (Å²) in [7, 11) is 0. The topological polar surface area (TPSA) is 66.4 Å². The molecule has 17 heavy (non-hydrogen) atoms. The molecule has 5 heteroatoms. The fraction of sp³-hybridized carbons (Fsp3) is 0.333. The molecule has 1 aromatic rings. The average Bonchev–Trinajstić information content (AvgIpc) is 2.27. The van der Waals surface area contributed by atoms with Gasteiger partial charge in [0.05, 0.1) is 6.42 Å². The van der Waals surface area contributed by atoms with Crippen LogP contribution in [0.4, 0.5) is 0 Å². The Balaban J connectivity index is 2.25. The molecule has 0 bridgehead atoms. The number of halogens is 1. The fourth-order valence-corrected chi connectivity index (χ4v) is 1.58. The van der Waals surface area contributed by atoms with Gasteiger partial charge in [-0.25, -0.2) is 0 Å². The van der Waals surface area contributed by atoms with E-state index in [0.29, 0.717) is 19.4 Å². The van der Waals surface area contributed by atoms with Gasteiger partial charge < -0.3 is 10.4 Å². The van der Waals surface area contributed by atoms with Crippen molar-refractivity contribution in [3.63, 3.8) is 0 Å². The first kappa shape index (κ1) is 13.7. The zero-order chi connectivity index (χ0) is 12.7. The minimum atomic E-state index is -0.841. The van der Waals surface area contributed by atoms with Crippen molar-refractivity contribution < 1.29 is 14.7 Å². The molecule has 0 unspecified atom stereocenters. The number of amides is 1. The van der Waals surface area contributed by atoms with Crippen molar-refractivity contribution in [2.45, 2.75) is 19.3 Å². The minimum Gasteiger partial charge on any atom is -0.481 e. The van der Waals surface area contributed by atoms with Crippen LogP contribution in [0.1, 0.15) is 18.4 Å². The quantitative estimate of drug-likeness (QED) is 0.789. The largest absolute Gasteiger partial charge is 0.481 e. The van der Waals surface area contributed by atoms with Crippen LogP contribution >= 0.6 is 15.9 Å². The van der Waals surface area contributed by atoms with Crippen LogP contribution < -0.4 is 5.32 Å². The molecule has 0 aliphatic carbocycles. The Bertz CT molecular complexity index is 389. The number of carboxylic acid groups (broad SMARTS) is 1. The lowest BCUT2D eigenvalue weighted by Gasteiger charge is -2.04. The summed E-state index contributed by atoms with van der Waals surface area (Å²) in [6.45, 7) is 0.404. The van der Waals surface area contributed by atoms with Crippen LogP contribution in [0.5, 0.6) is 0 Å². The number of benzene rings is 1. The molecule has 4 nitrogen and oxygen atoms in total. The zero-order valence-electron chi connectivity index (χ0n) is 9.28. The first-order valence-corrected chi connectivity index (χ1v) is 6.10. The smallest absolute Gasteiger partial charge is 0.303 e. The van der Waals surface area contributed by atoms with Crippen LogP contribution in [0.2, 0.25) is 0 Å². The third-order valence-corrected chi connectivity index (χ3v) is 2.70. The van der Waals surface area contributed by atoms with Crippen molar-refractivity contribution in [1.29, 1.82) is 0 Å². The van der Waals surface area contributed by atoms with Gasteiger partial charge in [0.15, 0.2) is 0 Å². The second-order valence-electron chi connectivity index (χ2n) is 3.65. The number of rotatable bonds is 6. The van der Waals surface area contributed by atoms with Crippen LogP contribution in [0.15, 0.2) is 28.7 Å². The van der Waals surface area contributed by atoms with Crippen molar-refractivity contribution in [1.82, 2.24) is 5.32 Å². The number of aliphatic carboxylic acids is 1. The Morgan fingerprint density at radius 2 is 1.88 bits per heavy atom. The molecule has 0 saturated carbocycles. The van der Waals surface area contributed by atoms with E-state index < -0.39 is 5.97 Å². The Hall–Kier alpha value is -1.36. The monoisotopic (exact) mass is 299 g/mol. The van der Waals surface area contributed by atoms with Gasteiger partial charge in [-0.2, -0.15) is 0 Å². The van der Waals surface area contributed by atoms with Crippen LogP contribution in [-0.2, 0) is 16.0 Å². The highest BCUT2D eigenvalue weighted by Gasteiger charge is 2.03. The van der Waals surface area contributed by atoms with Gasteiger partial charge in [-0.1, -0.05) is 28.1 Å². The highest BCUT2D eigenvalue weighted by molar-refractivity contribution is 9.10. The van der Waals surface area contributed by atoms with E-state index in [9.17, 15) is 9.59 Å². The number of hydrogen-bond acceptors (Lipinski definition) is 2. The number of carboxylic acids is 1. The van der Waals surface area contributed by atoms with Crippen molar-refractivity contribution in [3.8, 4) is 0 Å². The summed E-state index contributed by atoms with van der Waals surface area (Å²) in [6.07, 6.45) is 0.861. The Labute approximate surface area is 108 Å². The Kier molecular flexibility index (Phi) is 5.69. The molecule has 0 atom stereocenters. The SMILES string of the molecule is O=C(O)CCCNC(=O)Cc1ccc(Br)cc1. The summed E-state index contributed by atoms with van der Waals surface area (Å²) in [6, 6.07) is 7.52. The summed E-state index contributed by atoms with van der Waals surface area (Å²) in [5, 5.41) is 11.1. The van der Waals surface area contributed by atoms with Crippen molar-refractivity contribution in [2.75, 3.05) is 6.54 Å². The van der Waals surface area contributed by atoms with Gasteiger partial charge in [-0.3, -0.25) is 9.59 Å². The van der Waals surface area contributed by atoms with E-state index in [1.165, 1.54) is 0 Å². The third-order valence-electron chi connectivity index (χ3n) is 2.17. The van der Waals surface area contributed by atoms with E-state index in [4.69, 9.17) is 5.11 Å². The predicted molar refractivity (Wildman–Crippen MR) is 67.7 cm³/mol. The molecule has 92 valence electrons. The van der Waals surface area contributed by atoms with Gasteiger partial charge >= 0.3 is 5.97 Å². The first-order chi connectivity index (χ1) is 8.08. The van der Waals surface area contributed by atoms with E-state index in [1.54, 1.807) is 0 Å². The van der Waals surface area contributed by atoms with Crippen LogP contribution in [0.3, 0.4) is 0 Å². The average molecular weight is 300 g/mol. The maximum Gasteiger partial charge on any atom is 0.303 e. The molecular formula is C12H14BrNO3. The van der Waals surface area contributed by atoms with Crippen LogP contribution in [0.25, 0.3) is 0 Å². The number of carbonyl (C=O) groups is 2. The Morgan fingerprint density at radius 3 is 2.47 bits per heavy atom. The number of hydrogen-bond donors (Lipinski definition) is 2. The molecule has 0 aliphatic heterocycles. The maximum absolute atomic E-state index is 11.5. The van der Waals surface area contributed by atoms with Gasteiger partial charge in [0.2, 0.25) is 5.91 Å². The third kappa shape index (κ3) is 6.06. The van der Waals surface area contributed by atoms with Crippen molar-refractivity contribution in [3.05, 3.63) is 34.3 Å². The van der Waals surface area contributed by atoms with Crippen LogP contribution in [-0.4, -0.2) is 23.5 Å². The first-order valence-electron chi connectivity index (χ1n) is 5.31. The summed E-state index contributed by atoms with van der Waals surface area (Å²) in [4.78, 5) is 21.7. The van der Waals surface area contributed by atoms with E-state index in [1.807, 2.05) is 24.3 Å². The minimum absolute atomic E-state index is 0.0819. The van der Waals surface area contributed by atoms with E-state index in [-0.39, 0.29) is 12.3 Å². The molecule has 1 aromatic carbocycles. The number of carbonyl (C=O) groups excluding carboxylic acids is 1. The van der Waals surface area contributed by atoms with Gasteiger partial charge in [0.25, 0.3) is 0 Å². The molecule has 0 radical (unpaired) electrons. The number of nitrogens with one attached hydrogen (secondary N) is 1. The van der Waals surface area contributed by atoms with Gasteiger partial charge in [0, 0.05) is 17.4 Å². The molecule has 2 N–H and O–H groups in total. The Morgan fingerprint density at radius 1 is 1.24 bits per heavy atom. The van der Waals surface area contributed by atoms with Crippen molar-refractivity contribution in [2.24, 2.45) is 0 Å². The molecule has 1 rings (SSSR count). The molecule has 0 aromatic heterocycles. The summed E-state index contributed by atoms with van der Waals surface area (Å²) in [5.41, 5.74) is 0.934. The standard InChI is InChI=1S/C12H14BrNO3/c13-10-5-3-9(4-6-10)8-11(15)14-7-1-2-12(16)17/h3-6H,1-2,7-8H2,(H,14,15)(H,16,17). The van der Waals surface area contributed by atoms with Gasteiger partial charge in [0.1, 0.15) is 0 Å². The van der Waals surface area contributed by atoms with E-state index in [2.05, 4.69) is 21.2 Å². The molecular weight excluding hydrogens is 286 g/mol. The summed E-state index contributed by atoms with van der Waals surface area (Å²) < 4.78 is 0.975. The van der Waals surface area contributed by atoms with Crippen molar-refractivity contribution >= 4 is 27.8 Å². The van der Waals surface area contributed by atoms with Gasteiger partial charge in [-0.05, 0) is 24.1 Å². The summed E-state index contributed by atoms with van der Waals surface area (Å²) >= 11 is 3.32. The summed E-state index contributed by atoms with van der Waals surface area (Å²) in [5.74, 6) is -0.926. The molecule has 0 saturated heterocycles. The van der Waals surface area contributed by atoms with E-state index >= 15 is 0 Å². The lowest BCUT2D eigenvalue weighted by atomic mass is 10.1. The van der Waals surface area contributed by atoms with Crippen LogP contribution in [0, 0.1) is 0 Å². The highest BCUT2D eigenvalue weighted by Crippen LogP contribution is 2.10. The lowest BCUT2D eigenvalue weighted by molar-refractivity contribution is -0.137. The zero-order valence-corrected chi connectivity index (χ0v) is 10.9. The second-order valence-corrected chi connectivity index (χ2v) is 4.57.